The summed E-state index contributed by atoms with van der Waals surface area (Å²) >= 11 is 6.19. The molecule has 0 radical (unpaired) electrons. The first-order chi connectivity index (χ1) is 10.2. The molecule has 2 heterocycles. The molecule has 7 heteroatoms. The van der Waals surface area contributed by atoms with Crippen molar-refractivity contribution in [3.05, 3.63) is 17.2 Å². The van der Waals surface area contributed by atoms with Crippen LogP contribution in [0, 0.1) is 5.92 Å². The number of hydrogen-bond acceptors (Lipinski definition) is 4. The third-order valence-corrected chi connectivity index (χ3v) is 4.15. The van der Waals surface area contributed by atoms with Gasteiger partial charge >= 0.3 is 0 Å². The quantitative estimate of drug-likeness (QED) is 0.883. The fraction of sp³-hybridized carbons (Fsp3) is 0.533. The molecule has 122 valence electrons. The molecule has 0 aromatic heterocycles. The summed E-state index contributed by atoms with van der Waals surface area (Å²) in [5.41, 5.74) is 0.583. The number of anilines is 1. The lowest BCUT2D eigenvalue weighted by Gasteiger charge is -2.23. The summed E-state index contributed by atoms with van der Waals surface area (Å²) in [7, 11) is 0. The average molecular weight is 347 g/mol. The second kappa shape index (κ2) is 7.90. The maximum Gasteiger partial charge on any atom is 0.224 e. The van der Waals surface area contributed by atoms with Crippen LogP contribution in [-0.4, -0.2) is 32.2 Å². The number of carbonyl (C=O) groups is 1. The summed E-state index contributed by atoms with van der Waals surface area (Å²) < 4.78 is 11.0. The van der Waals surface area contributed by atoms with Gasteiger partial charge in [-0.05, 0) is 31.8 Å². The van der Waals surface area contributed by atoms with Crippen molar-refractivity contribution in [1.29, 1.82) is 0 Å². The van der Waals surface area contributed by atoms with Crippen LogP contribution in [0.2, 0.25) is 5.02 Å². The number of fused-ring (bicyclic) bond motifs is 1. The van der Waals surface area contributed by atoms with Gasteiger partial charge in [-0.15, -0.1) is 12.4 Å². The van der Waals surface area contributed by atoms with E-state index >= 15 is 0 Å². The molecule has 1 fully saturated rings. The summed E-state index contributed by atoms with van der Waals surface area (Å²) in [6.45, 7) is 3.01. The van der Waals surface area contributed by atoms with Crippen LogP contribution in [-0.2, 0) is 4.79 Å². The van der Waals surface area contributed by atoms with Crippen LogP contribution in [0.5, 0.6) is 11.5 Å². The Morgan fingerprint density at radius 1 is 1.23 bits per heavy atom. The smallest absolute Gasteiger partial charge is 0.224 e. The molecular formula is C15H20Cl2N2O3. The van der Waals surface area contributed by atoms with Gasteiger partial charge in [0.25, 0.3) is 0 Å². The van der Waals surface area contributed by atoms with Gasteiger partial charge in [-0.3, -0.25) is 4.79 Å². The Morgan fingerprint density at radius 2 is 1.86 bits per heavy atom. The number of hydrogen-bond donors (Lipinski definition) is 2. The topological polar surface area (TPSA) is 59.6 Å². The fourth-order valence-corrected chi connectivity index (χ4v) is 2.91. The first-order valence-electron chi connectivity index (χ1n) is 7.32. The molecule has 2 aliphatic rings. The van der Waals surface area contributed by atoms with Crippen LogP contribution in [0.3, 0.4) is 0 Å². The molecule has 0 saturated carbocycles. The summed E-state index contributed by atoms with van der Waals surface area (Å²) in [4.78, 5) is 12.1. The van der Waals surface area contributed by atoms with Crippen molar-refractivity contribution in [2.45, 2.75) is 19.3 Å². The molecule has 0 spiro atoms. The molecule has 0 unspecified atom stereocenters. The maximum atomic E-state index is 12.1. The van der Waals surface area contributed by atoms with E-state index in [1.54, 1.807) is 12.1 Å². The van der Waals surface area contributed by atoms with E-state index in [0.717, 1.165) is 25.9 Å². The maximum absolute atomic E-state index is 12.1. The van der Waals surface area contributed by atoms with Gasteiger partial charge in [-0.25, -0.2) is 0 Å². The number of benzene rings is 1. The highest BCUT2D eigenvalue weighted by atomic mass is 35.5. The SMILES string of the molecule is Cl.O=C(CC1CCNCC1)Nc1cc2c(cc1Cl)OCCO2. The Balaban J connectivity index is 0.00000176. The molecule has 1 aromatic carbocycles. The Labute approximate surface area is 141 Å². The van der Waals surface area contributed by atoms with Crippen molar-refractivity contribution in [2.24, 2.45) is 5.92 Å². The van der Waals surface area contributed by atoms with E-state index in [2.05, 4.69) is 10.6 Å². The molecular weight excluding hydrogens is 327 g/mol. The molecule has 1 saturated heterocycles. The van der Waals surface area contributed by atoms with Gasteiger partial charge in [0.2, 0.25) is 5.91 Å². The van der Waals surface area contributed by atoms with Crippen LogP contribution in [0.4, 0.5) is 5.69 Å². The highest BCUT2D eigenvalue weighted by molar-refractivity contribution is 6.34. The Hall–Kier alpha value is -1.17. The number of piperidine rings is 1. The molecule has 3 rings (SSSR count). The average Bonchev–Trinajstić information content (AvgIpc) is 2.49. The highest BCUT2D eigenvalue weighted by Gasteiger charge is 2.19. The van der Waals surface area contributed by atoms with Gasteiger partial charge in [0.05, 0.1) is 10.7 Å². The first-order valence-corrected chi connectivity index (χ1v) is 7.70. The van der Waals surface area contributed by atoms with Crippen LogP contribution in [0.1, 0.15) is 19.3 Å². The molecule has 2 aliphatic heterocycles. The van der Waals surface area contributed by atoms with E-state index < -0.39 is 0 Å². The summed E-state index contributed by atoms with van der Waals surface area (Å²) in [6.07, 6.45) is 2.62. The molecule has 2 N–H and O–H groups in total. The van der Waals surface area contributed by atoms with Gasteiger partial charge in [-0.1, -0.05) is 11.6 Å². The first kappa shape index (κ1) is 17.2. The third kappa shape index (κ3) is 4.18. The van der Waals surface area contributed by atoms with Crippen molar-refractivity contribution in [1.82, 2.24) is 5.32 Å². The number of carbonyl (C=O) groups excluding carboxylic acids is 1. The van der Waals surface area contributed by atoms with Gasteiger partial charge in [0, 0.05) is 18.6 Å². The molecule has 22 heavy (non-hydrogen) atoms. The number of halogens is 2. The zero-order chi connectivity index (χ0) is 14.7. The van der Waals surface area contributed by atoms with Gasteiger partial charge in [0.1, 0.15) is 13.2 Å². The zero-order valence-electron chi connectivity index (χ0n) is 12.2. The normalized spacial score (nSPS) is 17.5. The van der Waals surface area contributed by atoms with E-state index in [0.29, 0.717) is 47.8 Å². The van der Waals surface area contributed by atoms with Gasteiger partial charge in [0.15, 0.2) is 11.5 Å². The molecule has 0 aliphatic carbocycles. The number of ether oxygens (including phenoxy) is 2. The highest BCUT2D eigenvalue weighted by Crippen LogP contribution is 2.38. The van der Waals surface area contributed by atoms with Crippen molar-refractivity contribution in [2.75, 3.05) is 31.6 Å². The summed E-state index contributed by atoms with van der Waals surface area (Å²) in [5, 5.41) is 6.65. The second-order valence-corrected chi connectivity index (χ2v) is 5.83. The molecule has 0 atom stereocenters. The van der Waals surface area contributed by atoms with Crippen LogP contribution >= 0.6 is 24.0 Å². The van der Waals surface area contributed by atoms with Gasteiger partial charge < -0.3 is 20.1 Å². The summed E-state index contributed by atoms with van der Waals surface area (Å²) in [6, 6.07) is 3.42. The minimum absolute atomic E-state index is 0. The zero-order valence-corrected chi connectivity index (χ0v) is 13.8. The van der Waals surface area contributed by atoms with Crippen LogP contribution < -0.4 is 20.1 Å². The van der Waals surface area contributed by atoms with Gasteiger partial charge in [-0.2, -0.15) is 0 Å². The number of nitrogens with one attached hydrogen (secondary N) is 2. The Kier molecular flexibility index (Phi) is 6.17. The minimum Gasteiger partial charge on any atom is -0.486 e. The van der Waals surface area contributed by atoms with Crippen LogP contribution in [0.15, 0.2) is 12.1 Å². The Morgan fingerprint density at radius 3 is 2.55 bits per heavy atom. The van der Waals surface area contributed by atoms with E-state index in [1.165, 1.54) is 0 Å². The third-order valence-electron chi connectivity index (χ3n) is 3.84. The largest absolute Gasteiger partial charge is 0.486 e. The second-order valence-electron chi connectivity index (χ2n) is 5.42. The van der Waals surface area contributed by atoms with E-state index in [1.807, 2.05) is 0 Å². The molecule has 1 amide bonds. The number of amides is 1. The molecule has 1 aromatic rings. The lowest BCUT2D eigenvalue weighted by atomic mass is 9.94. The fourth-order valence-electron chi connectivity index (χ4n) is 2.71. The lowest BCUT2D eigenvalue weighted by Crippen LogP contribution is -2.30. The van der Waals surface area contributed by atoms with Crippen molar-refractivity contribution in [3.8, 4) is 11.5 Å². The van der Waals surface area contributed by atoms with E-state index in [4.69, 9.17) is 21.1 Å². The number of rotatable bonds is 3. The van der Waals surface area contributed by atoms with E-state index in [-0.39, 0.29) is 18.3 Å². The predicted molar refractivity (Wildman–Crippen MR) is 88.5 cm³/mol. The Bertz CT molecular complexity index is 534. The monoisotopic (exact) mass is 346 g/mol. The minimum atomic E-state index is 0. The van der Waals surface area contributed by atoms with Crippen molar-refractivity contribution >= 4 is 35.6 Å². The van der Waals surface area contributed by atoms with Crippen LogP contribution in [0.25, 0.3) is 0 Å². The molecule has 0 bridgehead atoms. The standard InChI is InChI=1S/C15H19ClN2O3.ClH/c16-11-8-13-14(21-6-5-20-13)9-12(11)18-15(19)7-10-1-3-17-4-2-10;/h8-10,17H,1-7H2,(H,18,19);1H. The molecule has 5 nitrogen and oxygen atoms in total. The summed E-state index contributed by atoms with van der Waals surface area (Å²) in [5.74, 6) is 1.70. The van der Waals surface area contributed by atoms with E-state index in [9.17, 15) is 4.79 Å². The lowest BCUT2D eigenvalue weighted by molar-refractivity contribution is -0.117. The van der Waals surface area contributed by atoms with Crippen molar-refractivity contribution in [3.63, 3.8) is 0 Å². The van der Waals surface area contributed by atoms with Crippen molar-refractivity contribution < 1.29 is 14.3 Å². The predicted octanol–water partition coefficient (Wildman–Crippen LogP) is 2.86.